The number of nitrogens with one attached hydrogen (secondary N) is 1. The fourth-order valence-electron chi connectivity index (χ4n) is 2.14. The van der Waals surface area contributed by atoms with Crippen LogP contribution in [0.3, 0.4) is 0 Å². The maximum Gasteiger partial charge on any atom is 0.255 e. The smallest absolute Gasteiger partial charge is 0.255 e. The third-order valence-electron chi connectivity index (χ3n) is 3.31. The standard InChI is InChI=1S/C17H15N3O2/c1-11-5-3-4-6-15(11)16(21)18-14-9-7-13(8-10-14)17-20-19-12(2)22-17/h3-10H,1-2H3,(H,18,21). The number of carbonyl (C=O) groups excluding carboxylic acids is 1. The van der Waals surface area contributed by atoms with E-state index in [1.165, 1.54) is 0 Å². The minimum absolute atomic E-state index is 0.125. The van der Waals surface area contributed by atoms with E-state index in [2.05, 4.69) is 15.5 Å². The van der Waals surface area contributed by atoms with Crippen molar-refractivity contribution < 1.29 is 9.21 Å². The van der Waals surface area contributed by atoms with Crippen molar-refractivity contribution in [2.75, 3.05) is 5.32 Å². The van der Waals surface area contributed by atoms with Gasteiger partial charge in [-0.1, -0.05) is 18.2 Å². The molecule has 0 atom stereocenters. The summed E-state index contributed by atoms with van der Waals surface area (Å²) in [6.45, 7) is 3.66. The van der Waals surface area contributed by atoms with Crippen molar-refractivity contribution in [2.45, 2.75) is 13.8 Å². The predicted molar refractivity (Wildman–Crippen MR) is 83.6 cm³/mol. The third kappa shape index (κ3) is 2.88. The van der Waals surface area contributed by atoms with Crippen LogP contribution in [-0.2, 0) is 0 Å². The lowest BCUT2D eigenvalue weighted by atomic mass is 10.1. The Hall–Kier alpha value is -2.95. The highest BCUT2D eigenvalue weighted by Gasteiger charge is 2.09. The van der Waals surface area contributed by atoms with Crippen molar-refractivity contribution in [3.05, 3.63) is 65.5 Å². The fourth-order valence-corrected chi connectivity index (χ4v) is 2.14. The molecule has 0 saturated heterocycles. The Balaban J connectivity index is 1.76. The minimum Gasteiger partial charge on any atom is -0.421 e. The molecule has 110 valence electrons. The lowest BCUT2D eigenvalue weighted by molar-refractivity contribution is 0.102. The number of nitrogens with zero attached hydrogens (tertiary/aromatic N) is 2. The monoisotopic (exact) mass is 293 g/mol. The van der Waals surface area contributed by atoms with Crippen molar-refractivity contribution in [1.82, 2.24) is 10.2 Å². The van der Waals surface area contributed by atoms with Crippen LogP contribution < -0.4 is 5.32 Å². The van der Waals surface area contributed by atoms with Crippen LogP contribution in [-0.4, -0.2) is 16.1 Å². The molecule has 5 heteroatoms. The summed E-state index contributed by atoms with van der Waals surface area (Å²) in [5, 5.41) is 10.6. The molecule has 3 aromatic rings. The molecule has 1 amide bonds. The van der Waals surface area contributed by atoms with E-state index in [1.807, 2.05) is 49.4 Å². The molecule has 1 heterocycles. The van der Waals surface area contributed by atoms with Gasteiger partial charge in [0.05, 0.1) is 0 Å². The lowest BCUT2D eigenvalue weighted by Crippen LogP contribution is -2.13. The number of hydrogen-bond acceptors (Lipinski definition) is 4. The molecule has 0 aliphatic heterocycles. The quantitative estimate of drug-likeness (QED) is 0.801. The van der Waals surface area contributed by atoms with Gasteiger partial charge in [-0.15, -0.1) is 10.2 Å². The number of anilines is 1. The van der Waals surface area contributed by atoms with Crippen LogP contribution >= 0.6 is 0 Å². The zero-order valence-corrected chi connectivity index (χ0v) is 12.3. The molecule has 1 N–H and O–H groups in total. The first-order chi connectivity index (χ1) is 10.6. The molecule has 0 aliphatic carbocycles. The van der Waals surface area contributed by atoms with Gasteiger partial charge in [0.15, 0.2) is 0 Å². The molecule has 0 bridgehead atoms. The van der Waals surface area contributed by atoms with Crippen LogP contribution in [0.25, 0.3) is 11.5 Å². The highest BCUT2D eigenvalue weighted by atomic mass is 16.4. The number of amides is 1. The van der Waals surface area contributed by atoms with Gasteiger partial charge in [-0.25, -0.2) is 0 Å². The Morgan fingerprint density at radius 2 is 1.73 bits per heavy atom. The van der Waals surface area contributed by atoms with Gasteiger partial charge in [-0.05, 0) is 42.8 Å². The fraction of sp³-hybridized carbons (Fsp3) is 0.118. The number of aromatic nitrogens is 2. The Labute approximate surface area is 128 Å². The van der Waals surface area contributed by atoms with Crippen molar-refractivity contribution in [3.8, 4) is 11.5 Å². The van der Waals surface area contributed by atoms with E-state index < -0.39 is 0 Å². The zero-order valence-electron chi connectivity index (χ0n) is 12.3. The summed E-state index contributed by atoms with van der Waals surface area (Å²) in [6.07, 6.45) is 0. The Morgan fingerprint density at radius 3 is 2.36 bits per heavy atom. The summed E-state index contributed by atoms with van der Waals surface area (Å²) >= 11 is 0. The number of aryl methyl sites for hydroxylation is 2. The average Bonchev–Trinajstić information content (AvgIpc) is 2.95. The molecule has 1 aromatic heterocycles. The molecule has 5 nitrogen and oxygen atoms in total. The van der Waals surface area contributed by atoms with E-state index in [9.17, 15) is 4.79 Å². The van der Waals surface area contributed by atoms with Gasteiger partial charge < -0.3 is 9.73 Å². The molecule has 2 aromatic carbocycles. The first kappa shape index (κ1) is 14.0. The highest BCUT2D eigenvalue weighted by Crippen LogP contribution is 2.20. The van der Waals surface area contributed by atoms with Crippen LogP contribution in [0.4, 0.5) is 5.69 Å². The molecule has 3 rings (SSSR count). The zero-order chi connectivity index (χ0) is 15.5. The molecule has 0 unspecified atom stereocenters. The van der Waals surface area contributed by atoms with Gasteiger partial charge in [-0.3, -0.25) is 4.79 Å². The van der Waals surface area contributed by atoms with Crippen LogP contribution in [0.5, 0.6) is 0 Å². The molecular weight excluding hydrogens is 278 g/mol. The van der Waals surface area contributed by atoms with Crippen LogP contribution in [0.15, 0.2) is 52.9 Å². The van der Waals surface area contributed by atoms with Crippen molar-refractivity contribution in [3.63, 3.8) is 0 Å². The van der Waals surface area contributed by atoms with Gasteiger partial charge in [0, 0.05) is 23.7 Å². The van der Waals surface area contributed by atoms with Gasteiger partial charge in [0.2, 0.25) is 11.8 Å². The molecular formula is C17H15N3O2. The summed E-state index contributed by atoms with van der Waals surface area (Å²) in [6, 6.07) is 14.8. The SMILES string of the molecule is Cc1nnc(-c2ccc(NC(=O)c3ccccc3C)cc2)o1. The summed E-state index contributed by atoms with van der Waals surface area (Å²) in [5.74, 6) is 0.862. The van der Waals surface area contributed by atoms with Crippen molar-refractivity contribution >= 4 is 11.6 Å². The first-order valence-electron chi connectivity index (χ1n) is 6.91. The molecule has 22 heavy (non-hydrogen) atoms. The topological polar surface area (TPSA) is 68.0 Å². The van der Waals surface area contributed by atoms with Crippen molar-refractivity contribution in [2.24, 2.45) is 0 Å². The third-order valence-corrected chi connectivity index (χ3v) is 3.31. The van der Waals surface area contributed by atoms with E-state index in [-0.39, 0.29) is 5.91 Å². The van der Waals surface area contributed by atoms with E-state index in [4.69, 9.17) is 4.42 Å². The molecule has 0 fully saturated rings. The summed E-state index contributed by atoms with van der Waals surface area (Å²) in [5.41, 5.74) is 3.14. The van der Waals surface area contributed by atoms with Gasteiger partial charge in [0.1, 0.15) is 0 Å². The maximum atomic E-state index is 12.2. The summed E-state index contributed by atoms with van der Waals surface area (Å²) in [4.78, 5) is 12.2. The van der Waals surface area contributed by atoms with Gasteiger partial charge in [-0.2, -0.15) is 0 Å². The predicted octanol–water partition coefficient (Wildman–Crippen LogP) is 3.61. The number of rotatable bonds is 3. The molecule has 0 radical (unpaired) electrons. The van der Waals surface area contributed by atoms with Crippen LogP contribution in [0, 0.1) is 13.8 Å². The van der Waals surface area contributed by atoms with Crippen molar-refractivity contribution in [1.29, 1.82) is 0 Å². The summed E-state index contributed by atoms with van der Waals surface area (Å²) < 4.78 is 5.37. The largest absolute Gasteiger partial charge is 0.421 e. The number of benzene rings is 2. The van der Waals surface area contributed by atoms with Crippen LogP contribution in [0.2, 0.25) is 0 Å². The maximum absolute atomic E-state index is 12.2. The summed E-state index contributed by atoms with van der Waals surface area (Å²) in [7, 11) is 0. The highest BCUT2D eigenvalue weighted by molar-refractivity contribution is 6.05. The molecule has 0 saturated carbocycles. The molecule has 0 aliphatic rings. The Bertz CT molecular complexity index is 807. The van der Waals surface area contributed by atoms with E-state index >= 15 is 0 Å². The van der Waals surface area contributed by atoms with Gasteiger partial charge >= 0.3 is 0 Å². The molecule has 0 spiro atoms. The lowest BCUT2D eigenvalue weighted by Gasteiger charge is -2.07. The number of carbonyl (C=O) groups is 1. The van der Waals surface area contributed by atoms with Crippen LogP contribution in [0.1, 0.15) is 21.8 Å². The first-order valence-corrected chi connectivity index (χ1v) is 6.91. The minimum atomic E-state index is -0.125. The number of hydrogen-bond donors (Lipinski definition) is 1. The Kier molecular flexibility index (Phi) is 3.70. The van der Waals surface area contributed by atoms with E-state index in [1.54, 1.807) is 13.0 Å². The van der Waals surface area contributed by atoms with Gasteiger partial charge in [0.25, 0.3) is 5.91 Å². The Morgan fingerprint density at radius 1 is 1.00 bits per heavy atom. The second-order valence-corrected chi connectivity index (χ2v) is 4.97. The normalized spacial score (nSPS) is 10.5. The van der Waals surface area contributed by atoms with E-state index in [0.717, 1.165) is 11.1 Å². The second-order valence-electron chi connectivity index (χ2n) is 4.97. The second kappa shape index (κ2) is 5.81. The average molecular weight is 293 g/mol. The van der Waals surface area contributed by atoms with E-state index in [0.29, 0.717) is 23.0 Å².